The van der Waals surface area contributed by atoms with Gasteiger partial charge in [0.25, 0.3) is 0 Å². The second-order valence-electron chi connectivity index (χ2n) is 4.12. The van der Waals surface area contributed by atoms with E-state index in [2.05, 4.69) is 41.5 Å². The van der Waals surface area contributed by atoms with E-state index in [-0.39, 0.29) is 0 Å². The third kappa shape index (κ3) is 3.72. The molecule has 2 rings (SSSR count). The number of nitrogens with one attached hydrogen (secondary N) is 1. The highest BCUT2D eigenvalue weighted by Crippen LogP contribution is 2.39. The minimum atomic E-state index is -1.51. The molecule has 0 amide bonds. The van der Waals surface area contributed by atoms with Gasteiger partial charge < -0.3 is 5.32 Å². The van der Waals surface area contributed by atoms with E-state index in [9.17, 15) is 0 Å². The first-order valence-electron chi connectivity index (χ1n) is 5.57. The maximum atomic E-state index is 5.76. The van der Waals surface area contributed by atoms with E-state index in [4.69, 9.17) is 34.8 Å². The lowest BCUT2D eigenvalue weighted by Gasteiger charge is -2.10. The van der Waals surface area contributed by atoms with E-state index in [1.807, 2.05) is 6.07 Å². The molecular formula is C12H12Cl3N3S. The Morgan fingerprint density at radius 3 is 2.32 bits per heavy atom. The predicted molar refractivity (Wildman–Crippen MR) is 82.4 cm³/mol. The first kappa shape index (κ1) is 14.9. The van der Waals surface area contributed by atoms with Crippen LogP contribution in [0.25, 0.3) is 0 Å². The lowest BCUT2D eigenvalue weighted by Crippen LogP contribution is -2.02. The molecule has 2 aromatic rings. The van der Waals surface area contributed by atoms with Crippen molar-refractivity contribution in [3.8, 4) is 0 Å². The molecule has 1 heterocycles. The molecule has 0 spiro atoms. The Balaban J connectivity index is 2.09. The van der Waals surface area contributed by atoms with Crippen molar-refractivity contribution in [2.45, 2.75) is 24.2 Å². The van der Waals surface area contributed by atoms with Gasteiger partial charge >= 0.3 is 0 Å². The molecule has 0 aliphatic heterocycles. The SMILES string of the molecule is Cc1cccc(C)c1NCc1nnc(C(Cl)(Cl)Cl)s1. The van der Waals surface area contributed by atoms with Crippen molar-refractivity contribution in [2.75, 3.05) is 5.32 Å². The third-order valence-corrected chi connectivity index (χ3v) is 4.52. The summed E-state index contributed by atoms with van der Waals surface area (Å²) in [5, 5.41) is 12.4. The highest BCUT2D eigenvalue weighted by atomic mass is 35.6. The van der Waals surface area contributed by atoms with Gasteiger partial charge in [-0.15, -0.1) is 10.2 Å². The zero-order valence-electron chi connectivity index (χ0n) is 10.4. The summed E-state index contributed by atoms with van der Waals surface area (Å²) < 4.78 is -1.51. The van der Waals surface area contributed by atoms with E-state index in [0.29, 0.717) is 11.6 Å². The fourth-order valence-electron chi connectivity index (χ4n) is 1.70. The molecule has 3 nitrogen and oxygen atoms in total. The summed E-state index contributed by atoms with van der Waals surface area (Å²) in [5.41, 5.74) is 3.48. The molecule has 0 unspecified atom stereocenters. The van der Waals surface area contributed by atoms with E-state index >= 15 is 0 Å². The van der Waals surface area contributed by atoms with Crippen LogP contribution in [0.1, 0.15) is 21.1 Å². The Labute approximate surface area is 130 Å². The Morgan fingerprint density at radius 1 is 1.16 bits per heavy atom. The van der Waals surface area contributed by atoms with Crippen molar-refractivity contribution < 1.29 is 0 Å². The summed E-state index contributed by atoms with van der Waals surface area (Å²) in [7, 11) is 0. The number of rotatable bonds is 3. The monoisotopic (exact) mass is 335 g/mol. The molecule has 7 heteroatoms. The van der Waals surface area contributed by atoms with Crippen LogP contribution in [0.2, 0.25) is 0 Å². The molecule has 0 aliphatic carbocycles. The topological polar surface area (TPSA) is 37.8 Å². The summed E-state index contributed by atoms with van der Waals surface area (Å²) in [6.45, 7) is 4.68. The molecule has 0 radical (unpaired) electrons. The molecule has 1 N–H and O–H groups in total. The van der Waals surface area contributed by atoms with Gasteiger partial charge in [-0.05, 0) is 25.0 Å². The number of hydrogen-bond acceptors (Lipinski definition) is 4. The quantitative estimate of drug-likeness (QED) is 0.833. The molecule has 1 aromatic heterocycles. The summed E-state index contributed by atoms with van der Waals surface area (Å²) in [6.07, 6.45) is 0. The van der Waals surface area contributed by atoms with Gasteiger partial charge in [-0.3, -0.25) is 0 Å². The minimum Gasteiger partial charge on any atom is -0.378 e. The summed E-state index contributed by atoms with van der Waals surface area (Å²) in [6, 6.07) is 6.14. The minimum absolute atomic E-state index is 0.385. The molecule has 0 bridgehead atoms. The molecule has 19 heavy (non-hydrogen) atoms. The molecular weight excluding hydrogens is 325 g/mol. The van der Waals surface area contributed by atoms with Crippen molar-refractivity contribution >= 4 is 51.8 Å². The number of para-hydroxylation sites is 1. The van der Waals surface area contributed by atoms with Gasteiger partial charge in [0, 0.05) is 5.69 Å². The largest absolute Gasteiger partial charge is 0.378 e. The average molecular weight is 337 g/mol. The number of halogens is 3. The molecule has 102 valence electrons. The van der Waals surface area contributed by atoms with Crippen LogP contribution in [0.3, 0.4) is 0 Å². The van der Waals surface area contributed by atoms with Crippen LogP contribution in [0.15, 0.2) is 18.2 Å². The summed E-state index contributed by atoms with van der Waals surface area (Å²) in [4.78, 5) is 0. The van der Waals surface area contributed by atoms with Crippen molar-refractivity contribution in [3.05, 3.63) is 39.3 Å². The molecule has 0 atom stereocenters. The first-order chi connectivity index (χ1) is 8.88. The van der Waals surface area contributed by atoms with Gasteiger partial charge in [0.05, 0.1) is 6.54 Å². The van der Waals surface area contributed by atoms with Gasteiger partial charge in [-0.1, -0.05) is 64.3 Å². The highest BCUT2D eigenvalue weighted by molar-refractivity contribution is 7.12. The second-order valence-corrected chi connectivity index (χ2v) is 7.46. The van der Waals surface area contributed by atoms with Crippen LogP contribution in [0.5, 0.6) is 0 Å². The number of aryl methyl sites for hydroxylation is 2. The second kappa shape index (κ2) is 5.83. The molecule has 0 fully saturated rings. The van der Waals surface area contributed by atoms with Gasteiger partial charge in [-0.2, -0.15) is 0 Å². The van der Waals surface area contributed by atoms with Crippen LogP contribution in [0, 0.1) is 13.8 Å². The molecule has 1 aromatic carbocycles. The van der Waals surface area contributed by atoms with E-state index in [0.717, 1.165) is 10.7 Å². The van der Waals surface area contributed by atoms with Crippen molar-refractivity contribution in [1.82, 2.24) is 10.2 Å². The first-order valence-corrected chi connectivity index (χ1v) is 7.52. The fourth-order valence-corrected chi connectivity index (χ4v) is 2.80. The lowest BCUT2D eigenvalue weighted by molar-refractivity contribution is 0.948. The number of nitrogens with zero attached hydrogens (tertiary/aromatic N) is 2. The Morgan fingerprint density at radius 2 is 1.79 bits per heavy atom. The van der Waals surface area contributed by atoms with E-state index in [1.54, 1.807) is 0 Å². The molecule has 0 aliphatic rings. The van der Waals surface area contributed by atoms with E-state index < -0.39 is 3.79 Å². The zero-order chi connectivity index (χ0) is 14.0. The van der Waals surface area contributed by atoms with Gasteiger partial charge in [0.15, 0.2) is 5.01 Å². The van der Waals surface area contributed by atoms with Crippen LogP contribution in [0.4, 0.5) is 5.69 Å². The molecule has 0 saturated carbocycles. The maximum absolute atomic E-state index is 5.76. The zero-order valence-corrected chi connectivity index (χ0v) is 13.5. The van der Waals surface area contributed by atoms with Crippen LogP contribution >= 0.6 is 46.1 Å². The van der Waals surface area contributed by atoms with Crippen molar-refractivity contribution in [3.63, 3.8) is 0 Å². The van der Waals surface area contributed by atoms with Gasteiger partial charge in [-0.25, -0.2) is 0 Å². The summed E-state index contributed by atoms with van der Waals surface area (Å²) >= 11 is 18.6. The Bertz CT molecular complexity index is 558. The predicted octanol–water partition coefficient (Wildman–Crippen LogP) is 4.59. The standard InChI is InChI=1S/C12H12Cl3N3S/c1-7-4-3-5-8(2)10(7)16-6-9-17-18-11(19-9)12(13,14)15/h3-5,16H,6H2,1-2H3. The Kier molecular flexibility index (Phi) is 4.56. The smallest absolute Gasteiger partial charge is 0.243 e. The number of benzene rings is 1. The number of hydrogen-bond donors (Lipinski definition) is 1. The van der Waals surface area contributed by atoms with Crippen LogP contribution in [-0.4, -0.2) is 10.2 Å². The lowest BCUT2D eigenvalue weighted by atomic mass is 10.1. The maximum Gasteiger partial charge on any atom is 0.243 e. The van der Waals surface area contributed by atoms with Gasteiger partial charge in [0.1, 0.15) is 5.01 Å². The average Bonchev–Trinajstić information content (AvgIpc) is 2.77. The number of alkyl halides is 3. The van der Waals surface area contributed by atoms with Crippen molar-refractivity contribution in [1.29, 1.82) is 0 Å². The third-order valence-electron chi connectivity index (χ3n) is 2.61. The normalized spacial score (nSPS) is 11.6. The van der Waals surface area contributed by atoms with Crippen LogP contribution < -0.4 is 5.32 Å². The van der Waals surface area contributed by atoms with E-state index in [1.165, 1.54) is 22.5 Å². The number of aromatic nitrogens is 2. The van der Waals surface area contributed by atoms with Gasteiger partial charge in [0.2, 0.25) is 3.79 Å². The van der Waals surface area contributed by atoms with Crippen molar-refractivity contribution in [2.24, 2.45) is 0 Å². The van der Waals surface area contributed by atoms with Crippen LogP contribution in [-0.2, 0) is 10.3 Å². The highest BCUT2D eigenvalue weighted by Gasteiger charge is 2.27. The number of anilines is 1. The fraction of sp³-hybridized carbons (Fsp3) is 0.333. The summed E-state index contributed by atoms with van der Waals surface area (Å²) in [5.74, 6) is 0. The Hall–Kier alpha value is -0.550. The molecule has 0 saturated heterocycles.